The van der Waals surface area contributed by atoms with E-state index >= 15 is 0 Å². The minimum absolute atomic E-state index is 0.128. The Bertz CT molecular complexity index is 524. The molecule has 1 aromatic carbocycles. The third kappa shape index (κ3) is 5.13. The Labute approximate surface area is 125 Å². The minimum atomic E-state index is -3.73. The lowest BCUT2D eigenvalue weighted by atomic mass is 10.1. The van der Waals surface area contributed by atoms with Gasteiger partial charge in [-0.25, -0.2) is 8.42 Å². The highest BCUT2D eigenvalue weighted by Gasteiger charge is 2.34. The summed E-state index contributed by atoms with van der Waals surface area (Å²) >= 11 is 0. The van der Waals surface area contributed by atoms with Crippen molar-refractivity contribution in [3.8, 4) is 0 Å². The summed E-state index contributed by atoms with van der Waals surface area (Å²) < 4.78 is 29.7. The maximum Gasteiger partial charge on any atom is 0.324 e. The fourth-order valence-corrected chi connectivity index (χ4v) is 3.79. The van der Waals surface area contributed by atoms with Crippen LogP contribution in [-0.2, 0) is 19.4 Å². The van der Waals surface area contributed by atoms with Gasteiger partial charge in [0.1, 0.15) is 0 Å². The predicted octanol–water partition coefficient (Wildman–Crippen LogP) is 1.94. The zero-order valence-electron chi connectivity index (χ0n) is 12.2. The van der Waals surface area contributed by atoms with Gasteiger partial charge in [-0.2, -0.15) is 0 Å². The summed E-state index contributed by atoms with van der Waals surface area (Å²) in [4.78, 5) is 11.9. The third-order valence-corrected chi connectivity index (χ3v) is 5.39. The van der Waals surface area contributed by atoms with Gasteiger partial charge in [0.25, 0.3) is 0 Å². The van der Waals surface area contributed by atoms with E-state index in [4.69, 9.17) is 5.11 Å². The van der Waals surface area contributed by atoms with E-state index in [1.54, 1.807) is 18.2 Å². The number of ether oxygens (including phenoxy) is 1. The molecular formula is C15H22O5S. The molecule has 0 aliphatic rings. The predicted molar refractivity (Wildman–Crippen MR) is 79.6 cm³/mol. The summed E-state index contributed by atoms with van der Waals surface area (Å²) in [6, 6.07) is 7.94. The number of carbonyl (C=O) groups excluding carboxylic acids is 1. The van der Waals surface area contributed by atoms with E-state index < -0.39 is 21.1 Å². The molecule has 0 saturated carbocycles. The zero-order chi connectivity index (χ0) is 15.7. The van der Waals surface area contributed by atoms with E-state index in [-0.39, 0.29) is 17.9 Å². The van der Waals surface area contributed by atoms with Crippen molar-refractivity contribution >= 4 is 15.8 Å². The van der Waals surface area contributed by atoms with Crippen molar-refractivity contribution in [1.29, 1.82) is 0 Å². The van der Waals surface area contributed by atoms with Gasteiger partial charge >= 0.3 is 5.97 Å². The molecule has 0 bridgehead atoms. The number of carbonyl (C=O) groups is 1. The van der Waals surface area contributed by atoms with Gasteiger partial charge in [-0.05, 0) is 25.0 Å². The highest BCUT2D eigenvalue weighted by Crippen LogP contribution is 2.21. The van der Waals surface area contributed by atoms with Crippen LogP contribution in [0.5, 0.6) is 0 Å². The Morgan fingerprint density at radius 3 is 2.33 bits per heavy atom. The second kappa shape index (κ2) is 8.79. The number of methoxy groups -OCH3 is 1. The molecule has 0 aliphatic heterocycles. The standard InChI is InChI=1S/C15H22O5S/c1-20-15(17)14(11-7-2-3-8-12-16)21(18,19)13-9-5-4-6-10-13/h4-6,9-10,14,16H,2-3,7-8,11-12H2,1H3. The van der Waals surface area contributed by atoms with E-state index in [0.29, 0.717) is 12.8 Å². The maximum absolute atomic E-state index is 12.5. The van der Waals surface area contributed by atoms with Crippen LogP contribution in [0.4, 0.5) is 0 Å². The molecule has 0 aromatic heterocycles. The van der Waals surface area contributed by atoms with Crippen molar-refractivity contribution in [2.45, 2.75) is 42.2 Å². The van der Waals surface area contributed by atoms with Gasteiger partial charge in [0, 0.05) is 6.61 Å². The first kappa shape index (κ1) is 17.7. The number of hydrogen-bond acceptors (Lipinski definition) is 5. The van der Waals surface area contributed by atoms with Crippen molar-refractivity contribution in [3.63, 3.8) is 0 Å². The van der Waals surface area contributed by atoms with Crippen LogP contribution in [0.25, 0.3) is 0 Å². The van der Waals surface area contributed by atoms with Crippen LogP contribution in [-0.4, -0.2) is 38.5 Å². The van der Waals surface area contributed by atoms with Crippen LogP contribution in [0.3, 0.4) is 0 Å². The molecule has 1 N–H and O–H groups in total. The Kier molecular flexibility index (Phi) is 7.39. The summed E-state index contributed by atoms with van der Waals surface area (Å²) in [6.45, 7) is 0.128. The quantitative estimate of drug-likeness (QED) is 0.556. The van der Waals surface area contributed by atoms with Crippen molar-refractivity contribution in [1.82, 2.24) is 0 Å². The average Bonchev–Trinajstić information content (AvgIpc) is 2.50. The highest BCUT2D eigenvalue weighted by atomic mass is 32.2. The fourth-order valence-electron chi connectivity index (χ4n) is 2.10. The van der Waals surface area contributed by atoms with Crippen molar-refractivity contribution in [3.05, 3.63) is 30.3 Å². The molecule has 0 aliphatic carbocycles. The smallest absolute Gasteiger partial charge is 0.324 e. The largest absolute Gasteiger partial charge is 0.468 e. The van der Waals surface area contributed by atoms with Crippen LogP contribution in [0.2, 0.25) is 0 Å². The van der Waals surface area contributed by atoms with Gasteiger partial charge < -0.3 is 9.84 Å². The maximum atomic E-state index is 12.5. The lowest BCUT2D eigenvalue weighted by Gasteiger charge is -2.15. The minimum Gasteiger partial charge on any atom is -0.468 e. The molecule has 5 nitrogen and oxygen atoms in total. The van der Waals surface area contributed by atoms with Crippen molar-refractivity contribution in [2.75, 3.05) is 13.7 Å². The average molecular weight is 314 g/mol. The molecule has 1 unspecified atom stereocenters. The molecule has 118 valence electrons. The fraction of sp³-hybridized carbons (Fsp3) is 0.533. The third-order valence-electron chi connectivity index (χ3n) is 3.28. The normalized spacial score (nSPS) is 12.9. The first-order valence-corrected chi connectivity index (χ1v) is 8.56. The molecule has 1 rings (SSSR count). The number of aliphatic hydroxyl groups is 1. The molecule has 0 radical (unpaired) electrons. The number of rotatable bonds is 9. The van der Waals surface area contributed by atoms with Crippen molar-refractivity contribution in [2.24, 2.45) is 0 Å². The number of esters is 1. The molecule has 1 aromatic rings. The molecule has 1 atom stereocenters. The van der Waals surface area contributed by atoms with E-state index in [1.807, 2.05) is 0 Å². The molecule has 0 amide bonds. The second-order valence-electron chi connectivity index (χ2n) is 4.80. The molecule has 0 saturated heterocycles. The van der Waals surface area contributed by atoms with Gasteiger partial charge in [0.15, 0.2) is 15.1 Å². The Hall–Kier alpha value is -1.40. The van der Waals surface area contributed by atoms with E-state index in [9.17, 15) is 13.2 Å². The van der Waals surface area contributed by atoms with Crippen LogP contribution >= 0.6 is 0 Å². The summed E-state index contributed by atoms with van der Waals surface area (Å²) in [6.07, 6.45) is 3.11. The molecular weight excluding hydrogens is 292 g/mol. The van der Waals surface area contributed by atoms with Crippen LogP contribution in [0.1, 0.15) is 32.1 Å². The first-order chi connectivity index (χ1) is 10.0. The number of benzene rings is 1. The second-order valence-corrected chi connectivity index (χ2v) is 6.93. The van der Waals surface area contributed by atoms with Crippen LogP contribution in [0, 0.1) is 0 Å². The number of aliphatic hydroxyl groups excluding tert-OH is 1. The van der Waals surface area contributed by atoms with E-state index in [2.05, 4.69) is 4.74 Å². The van der Waals surface area contributed by atoms with Crippen LogP contribution < -0.4 is 0 Å². The first-order valence-electron chi connectivity index (χ1n) is 7.01. The highest BCUT2D eigenvalue weighted by molar-refractivity contribution is 7.92. The Morgan fingerprint density at radius 2 is 1.76 bits per heavy atom. The number of unbranched alkanes of at least 4 members (excludes halogenated alkanes) is 3. The van der Waals surface area contributed by atoms with Gasteiger partial charge in [0.05, 0.1) is 12.0 Å². The Balaban J connectivity index is 2.80. The molecule has 6 heteroatoms. The number of hydrogen-bond donors (Lipinski definition) is 1. The molecule has 21 heavy (non-hydrogen) atoms. The SMILES string of the molecule is COC(=O)C(CCCCCCO)S(=O)(=O)c1ccccc1. The lowest BCUT2D eigenvalue weighted by molar-refractivity contribution is -0.140. The summed E-state index contributed by atoms with van der Waals surface area (Å²) in [5.74, 6) is -0.721. The van der Waals surface area contributed by atoms with Gasteiger partial charge in [-0.1, -0.05) is 37.5 Å². The Morgan fingerprint density at radius 1 is 1.14 bits per heavy atom. The van der Waals surface area contributed by atoms with E-state index in [1.165, 1.54) is 19.2 Å². The van der Waals surface area contributed by atoms with Gasteiger partial charge in [-0.3, -0.25) is 4.79 Å². The lowest BCUT2D eigenvalue weighted by Crippen LogP contribution is -2.31. The zero-order valence-corrected chi connectivity index (χ0v) is 13.0. The summed E-state index contributed by atoms with van der Waals surface area (Å²) in [7, 11) is -2.53. The molecule has 0 spiro atoms. The van der Waals surface area contributed by atoms with Gasteiger partial charge in [-0.15, -0.1) is 0 Å². The summed E-state index contributed by atoms with van der Waals surface area (Å²) in [5.41, 5.74) is 0. The topological polar surface area (TPSA) is 80.7 Å². The van der Waals surface area contributed by atoms with Gasteiger partial charge in [0.2, 0.25) is 0 Å². The molecule has 0 fully saturated rings. The summed E-state index contributed by atoms with van der Waals surface area (Å²) in [5, 5.41) is 7.54. The van der Waals surface area contributed by atoms with Crippen LogP contribution in [0.15, 0.2) is 35.2 Å². The monoisotopic (exact) mass is 314 g/mol. The van der Waals surface area contributed by atoms with Crippen molar-refractivity contribution < 1.29 is 23.1 Å². The molecule has 0 heterocycles. The van der Waals surface area contributed by atoms with E-state index in [0.717, 1.165) is 12.8 Å². The number of sulfone groups is 1.